The van der Waals surface area contributed by atoms with Gasteiger partial charge in [0.15, 0.2) is 0 Å². The quantitative estimate of drug-likeness (QED) is 0.649. The maximum Gasteiger partial charge on any atom is 0.254 e. The summed E-state index contributed by atoms with van der Waals surface area (Å²) in [6, 6.07) is 5.76. The molecule has 0 spiro atoms. The van der Waals surface area contributed by atoms with E-state index in [4.69, 9.17) is 11.6 Å². The number of hydrogen-bond acceptors (Lipinski definition) is 1. The van der Waals surface area contributed by atoms with Crippen molar-refractivity contribution in [3.05, 3.63) is 33.3 Å². The summed E-state index contributed by atoms with van der Waals surface area (Å²) < 4.78 is 0.769. The first kappa shape index (κ1) is 15.3. The lowest BCUT2D eigenvalue weighted by Gasteiger charge is -2.28. The molecule has 0 unspecified atom stereocenters. The van der Waals surface area contributed by atoms with Crippen molar-refractivity contribution in [1.82, 2.24) is 4.90 Å². The van der Waals surface area contributed by atoms with E-state index < -0.39 is 0 Å². The van der Waals surface area contributed by atoms with Crippen molar-refractivity contribution in [3.8, 4) is 0 Å². The molecule has 0 radical (unpaired) electrons. The van der Waals surface area contributed by atoms with Crippen LogP contribution in [0, 0.1) is 0 Å². The SMILES string of the molecule is O=C(c1ccc(Cl)c(Br)c1)N(CCBr)C1CCCC1. The Hall–Kier alpha value is -0.0600. The largest absolute Gasteiger partial charge is 0.335 e. The van der Waals surface area contributed by atoms with Crippen LogP contribution in [0.2, 0.25) is 5.02 Å². The number of carbonyl (C=O) groups is 1. The van der Waals surface area contributed by atoms with Gasteiger partial charge in [-0.15, -0.1) is 0 Å². The lowest BCUT2D eigenvalue weighted by molar-refractivity contribution is 0.0696. The van der Waals surface area contributed by atoms with Gasteiger partial charge in [-0.3, -0.25) is 4.79 Å². The van der Waals surface area contributed by atoms with Crippen molar-refractivity contribution in [2.24, 2.45) is 0 Å². The maximum absolute atomic E-state index is 12.6. The first-order chi connectivity index (χ1) is 9.13. The Morgan fingerprint density at radius 1 is 1.37 bits per heavy atom. The van der Waals surface area contributed by atoms with E-state index in [1.54, 1.807) is 18.2 Å². The zero-order valence-corrected chi connectivity index (χ0v) is 14.5. The molecular formula is C14H16Br2ClNO. The van der Waals surface area contributed by atoms with Crippen LogP contribution in [0.3, 0.4) is 0 Å². The van der Waals surface area contributed by atoms with Crippen LogP contribution >= 0.6 is 43.5 Å². The van der Waals surface area contributed by atoms with Gasteiger partial charge in [-0.2, -0.15) is 0 Å². The van der Waals surface area contributed by atoms with Gasteiger partial charge in [0.25, 0.3) is 5.91 Å². The predicted octanol–water partition coefficient (Wildman–Crippen LogP) is 4.88. The van der Waals surface area contributed by atoms with Crippen LogP contribution in [0.4, 0.5) is 0 Å². The number of carbonyl (C=O) groups excluding carboxylic acids is 1. The zero-order valence-electron chi connectivity index (χ0n) is 10.5. The second kappa shape index (κ2) is 7.09. The van der Waals surface area contributed by atoms with Gasteiger partial charge in [0, 0.05) is 28.0 Å². The van der Waals surface area contributed by atoms with Gasteiger partial charge in [-0.05, 0) is 47.0 Å². The molecule has 2 rings (SSSR count). The van der Waals surface area contributed by atoms with Crippen molar-refractivity contribution < 1.29 is 4.79 Å². The Bertz CT molecular complexity index is 461. The second-order valence-corrected chi connectivity index (χ2v) is 6.81. The third-order valence-electron chi connectivity index (χ3n) is 3.52. The molecule has 104 valence electrons. The summed E-state index contributed by atoms with van der Waals surface area (Å²) >= 11 is 12.8. The van der Waals surface area contributed by atoms with Gasteiger partial charge in [-0.1, -0.05) is 40.4 Å². The highest BCUT2D eigenvalue weighted by Crippen LogP contribution is 2.27. The highest BCUT2D eigenvalue weighted by molar-refractivity contribution is 9.10. The number of hydrogen-bond donors (Lipinski definition) is 0. The number of alkyl halides is 1. The van der Waals surface area contributed by atoms with E-state index in [1.807, 2.05) is 4.90 Å². The molecule has 5 heteroatoms. The molecule has 0 saturated heterocycles. The van der Waals surface area contributed by atoms with Crippen LogP contribution in [0.1, 0.15) is 36.0 Å². The van der Waals surface area contributed by atoms with Gasteiger partial charge >= 0.3 is 0 Å². The van der Waals surface area contributed by atoms with Crippen LogP contribution in [0.15, 0.2) is 22.7 Å². The van der Waals surface area contributed by atoms with Crippen LogP contribution in [-0.4, -0.2) is 28.7 Å². The molecule has 0 heterocycles. The molecule has 1 aliphatic carbocycles. The molecule has 1 fully saturated rings. The summed E-state index contributed by atoms with van der Waals surface area (Å²) in [6.45, 7) is 0.754. The summed E-state index contributed by atoms with van der Waals surface area (Å²) in [5.74, 6) is 0.101. The van der Waals surface area contributed by atoms with Crippen molar-refractivity contribution in [2.75, 3.05) is 11.9 Å². The Morgan fingerprint density at radius 3 is 2.63 bits per heavy atom. The molecule has 1 amide bonds. The summed E-state index contributed by atoms with van der Waals surface area (Å²) in [5.41, 5.74) is 0.698. The fraction of sp³-hybridized carbons (Fsp3) is 0.500. The Balaban J connectivity index is 2.20. The highest BCUT2D eigenvalue weighted by atomic mass is 79.9. The monoisotopic (exact) mass is 407 g/mol. The van der Waals surface area contributed by atoms with E-state index >= 15 is 0 Å². The third-order valence-corrected chi connectivity index (χ3v) is 5.09. The minimum atomic E-state index is 0.101. The number of rotatable bonds is 4. The molecule has 1 saturated carbocycles. The highest BCUT2D eigenvalue weighted by Gasteiger charge is 2.27. The lowest BCUT2D eigenvalue weighted by Crippen LogP contribution is -2.40. The van der Waals surface area contributed by atoms with E-state index in [0.717, 1.165) is 29.2 Å². The molecule has 2 nitrogen and oxygen atoms in total. The van der Waals surface area contributed by atoms with E-state index in [2.05, 4.69) is 31.9 Å². The maximum atomic E-state index is 12.6. The van der Waals surface area contributed by atoms with Crippen molar-refractivity contribution in [2.45, 2.75) is 31.7 Å². The fourth-order valence-corrected chi connectivity index (χ4v) is 3.43. The van der Waals surface area contributed by atoms with Gasteiger partial charge in [0.2, 0.25) is 0 Å². The lowest BCUT2D eigenvalue weighted by atomic mass is 10.1. The Labute approximate surface area is 135 Å². The normalized spacial score (nSPS) is 15.7. The molecule has 0 atom stereocenters. The first-order valence-electron chi connectivity index (χ1n) is 6.45. The molecular weight excluding hydrogens is 393 g/mol. The van der Waals surface area contributed by atoms with Gasteiger partial charge in [-0.25, -0.2) is 0 Å². The molecule has 1 aliphatic rings. The number of amides is 1. The molecule has 0 aliphatic heterocycles. The van der Waals surface area contributed by atoms with Crippen LogP contribution < -0.4 is 0 Å². The van der Waals surface area contributed by atoms with Crippen molar-refractivity contribution in [3.63, 3.8) is 0 Å². The number of nitrogens with zero attached hydrogens (tertiary/aromatic N) is 1. The molecule has 1 aromatic rings. The fourth-order valence-electron chi connectivity index (χ4n) is 2.55. The topological polar surface area (TPSA) is 20.3 Å². The number of halogens is 3. The van der Waals surface area contributed by atoms with Gasteiger partial charge in [0.1, 0.15) is 0 Å². The van der Waals surface area contributed by atoms with E-state index in [-0.39, 0.29) is 5.91 Å². The minimum Gasteiger partial charge on any atom is -0.335 e. The van der Waals surface area contributed by atoms with E-state index in [0.29, 0.717) is 16.6 Å². The smallest absolute Gasteiger partial charge is 0.254 e. The minimum absolute atomic E-state index is 0.101. The van der Waals surface area contributed by atoms with Crippen LogP contribution in [0.25, 0.3) is 0 Å². The molecule has 19 heavy (non-hydrogen) atoms. The summed E-state index contributed by atoms with van der Waals surface area (Å²) in [7, 11) is 0. The van der Waals surface area contributed by atoms with E-state index in [9.17, 15) is 4.79 Å². The summed E-state index contributed by atoms with van der Waals surface area (Å²) in [4.78, 5) is 14.6. The third kappa shape index (κ3) is 3.73. The van der Waals surface area contributed by atoms with Crippen LogP contribution in [-0.2, 0) is 0 Å². The van der Waals surface area contributed by atoms with Gasteiger partial charge in [0.05, 0.1) is 5.02 Å². The van der Waals surface area contributed by atoms with Gasteiger partial charge < -0.3 is 4.90 Å². The second-order valence-electron chi connectivity index (χ2n) is 4.75. The van der Waals surface area contributed by atoms with E-state index in [1.165, 1.54) is 12.8 Å². The Kier molecular flexibility index (Phi) is 5.72. The standard InChI is InChI=1S/C14H16Br2ClNO/c15-7-8-18(11-3-1-2-4-11)14(19)10-5-6-13(17)12(16)9-10/h5-6,9,11H,1-4,7-8H2. The Morgan fingerprint density at radius 2 is 2.05 bits per heavy atom. The van der Waals surface area contributed by atoms with Crippen molar-refractivity contribution in [1.29, 1.82) is 0 Å². The first-order valence-corrected chi connectivity index (χ1v) is 8.74. The zero-order chi connectivity index (χ0) is 13.8. The predicted molar refractivity (Wildman–Crippen MR) is 86.2 cm³/mol. The molecule has 0 N–H and O–H groups in total. The van der Waals surface area contributed by atoms with Crippen LogP contribution in [0.5, 0.6) is 0 Å². The molecule has 0 bridgehead atoms. The summed E-state index contributed by atoms with van der Waals surface area (Å²) in [5, 5.41) is 1.44. The van der Waals surface area contributed by atoms with Crippen molar-refractivity contribution >= 4 is 49.4 Å². The molecule has 1 aromatic carbocycles. The average molecular weight is 410 g/mol. The molecule has 0 aromatic heterocycles. The number of benzene rings is 1. The average Bonchev–Trinajstić information content (AvgIpc) is 2.92. The summed E-state index contributed by atoms with van der Waals surface area (Å²) in [6.07, 6.45) is 4.68.